The monoisotopic (exact) mass is 596 g/mol. The van der Waals surface area contributed by atoms with E-state index in [-0.39, 0.29) is 32.8 Å². The lowest BCUT2D eigenvalue weighted by Gasteiger charge is -2.27. The molecule has 8 nitrogen and oxygen atoms in total. The van der Waals surface area contributed by atoms with Crippen LogP contribution >= 0.6 is 23.2 Å². The molecule has 4 rings (SSSR count). The van der Waals surface area contributed by atoms with Crippen LogP contribution in [0.5, 0.6) is 28.7 Å². The number of nitriles is 1. The van der Waals surface area contributed by atoms with E-state index >= 15 is 0 Å². The van der Waals surface area contributed by atoms with Gasteiger partial charge in [0.25, 0.3) is 0 Å². The molecule has 2 N–H and O–H groups in total. The zero-order valence-corrected chi connectivity index (χ0v) is 24.6. The second kappa shape index (κ2) is 13.1. The summed E-state index contributed by atoms with van der Waals surface area (Å²) >= 11 is 12.6. The Morgan fingerprint density at radius 2 is 1.80 bits per heavy atom. The van der Waals surface area contributed by atoms with Crippen LogP contribution in [0, 0.1) is 17.2 Å². The summed E-state index contributed by atoms with van der Waals surface area (Å²) in [5, 5.41) is 10.3. The summed E-state index contributed by atoms with van der Waals surface area (Å²) in [4.78, 5) is 12.9. The van der Waals surface area contributed by atoms with Crippen LogP contribution in [0.3, 0.4) is 0 Å². The first-order valence-corrected chi connectivity index (χ1v) is 13.8. The average Bonchev–Trinajstić information content (AvgIpc) is 2.94. The Morgan fingerprint density at radius 1 is 1.07 bits per heavy atom. The number of esters is 1. The van der Waals surface area contributed by atoms with E-state index in [2.05, 4.69) is 19.9 Å². The molecule has 0 aliphatic carbocycles. The number of fused-ring (bicyclic) bond motifs is 1. The summed E-state index contributed by atoms with van der Waals surface area (Å²) in [5.74, 6) is 1.05. The van der Waals surface area contributed by atoms with Gasteiger partial charge in [0.15, 0.2) is 17.2 Å². The molecule has 1 atom stereocenters. The first-order chi connectivity index (χ1) is 19.7. The van der Waals surface area contributed by atoms with E-state index in [1.54, 1.807) is 25.3 Å². The quantitative estimate of drug-likeness (QED) is 0.192. The highest BCUT2D eigenvalue weighted by Gasteiger charge is 2.32. The highest BCUT2D eigenvalue weighted by molar-refractivity contribution is 6.37. The van der Waals surface area contributed by atoms with Gasteiger partial charge >= 0.3 is 5.97 Å². The molecule has 0 aromatic heterocycles. The molecule has 1 aliphatic heterocycles. The fourth-order valence-electron chi connectivity index (χ4n) is 4.27. The predicted molar refractivity (Wildman–Crippen MR) is 156 cm³/mol. The molecule has 10 heteroatoms. The molecule has 214 valence electrons. The van der Waals surface area contributed by atoms with Crippen LogP contribution < -0.4 is 29.4 Å². The molecule has 0 saturated carbocycles. The van der Waals surface area contributed by atoms with Crippen molar-refractivity contribution in [1.82, 2.24) is 0 Å². The molecular weight excluding hydrogens is 567 g/mol. The van der Waals surface area contributed by atoms with Crippen LogP contribution in [0.2, 0.25) is 10.0 Å². The first-order valence-electron chi connectivity index (χ1n) is 13.0. The van der Waals surface area contributed by atoms with Crippen molar-refractivity contribution in [1.29, 1.82) is 5.26 Å². The minimum Gasteiger partial charge on any atom is -0.493 e. The maximum Gasteiger partial charge on any atom is 0.343 e. The van der Waals surface area contributed by atoms with Crippen molar-refractivity contribution in [2.45, 2.75) is 33.1 Å². The molecule has 1 heterocycles. The molecule has 0 radical (unpaired) electrons. The standard InChI is InChI=1S/C31H30Cl2N2O6/c1-5-10-38-29-23(32)11-19(12-24(29)33)31(36)40-20-7-8-21-26(14-20)41-30(35)22(15-34)28(21)18-6-9-25(27(13-18)37-4)39-16-17(2)3/h6-9,11-14,17,28H,5,10,16,35H2,1-4H3. The van der Waals surface area contributed by atoms with E-state index < -0.39 is 11.9 Å². The first kappa shape index (κ1) is 29.9. The summed E-state index contributed by atoms with van der Waals surface area (Å²) in [6, 6.07) is 15.4. The van der Waals surface area contributed by atoms with Gasteiger partial charge in [0.1, 0.15) is 23.1 Å². The van der Waals surface area contributed by atoms with Gasteiger partial charge in [0.2, 0.25) is 5.88 Å². The van der Waals surface area contributed by atoms with Crippen LogP contribution in [0.1, 0.15) is 54.6 Å². The summed E-state index contributed by atoms with van der Waals surface area (Å²) in [7, 11) is 1.56. The number of allylic oxidation sites excluding steroid dienone is 1. The second-order valence-electron chi connectivity index (χ2n) is 9.75. The molecule has 0 saturated heterocycles. The van der Waals surface area contributed by atoms with Gasteiger partial charge in [0, 0.05) is 11.6 Å². The van der Waals surface area contributed by atoms with Crippen molar-refractivity contribution in [3.05, 3.63) is 86.7 Å². The van der Waals surface area contributed by atoms with Crippen LogP contribution in [-0.2, 0) is 0 Å². The molecule has 41 heavy (non-hydrogen) atoms. The Hall–Kier alpha value is -4.06. The summed E-state index contributed by atoms with van der Waals surface area (Å²) < 4.78 is 28.4. The smallest absolute Gasteiger partial charge is 0.343 e. The number of carbonyl (C=O) groups excluding carboxylic acids is 1. The van der Waals surface area contributed by atoms with Gasteiger partial charge in [-0.15, -0.1) is 0 Å². The molecule has 0 amide bonds. The summed E-state index contributed by atoms with van der Waals surface area (Å²) in [5.41, 5.74) is 7.98. The van der Waals surface area contributed by atoms with Crippen LogP contribution in [0.15, 0.2) is 60.0 Å². The number of nitrogens with zero attached hydrogens (tertiary/aromatic N) is 1. The van der Waals surface area contributed by atoms with Crippen molar-refractivity contribution < 1.29 is 28.5 Å². The van der Waals surface area contributed by atoms with E-state index in [9.17, 15) is 10.1 Å². The molecule has 0 bridgehead atoms. The Labute approximate surface area is 249 Å². The molecule has 3 aromatic carbocycles. The number of ether oxygens (including phenoxy) is 5. The molecule has 1 aliphatic rings. The largest absolute Gasteiger partial charge is 0.493 e. The SMILES string of the molecule is CCCOc1c(Cl)cc(C(=O)Oc2ccc3c(c2)OC(N)=C(C#N)C3c2ccc(OCC(C)C)c(OC)c2)cc1Cl. The molecule has 0 spiro atoms. The minimum absolute atomic E-state index is 0.0474. The van der Waals surface area contributed by atoms with E-state index in [1.807, 2.05) is 25.1 Å². The summed E-state index contributed by atoms with van der Waals surface area (Å²) in [6.07, 6.45) is 0.777. The highest BCUT2D eigenvalue weighted by atomic mass is 35.5. The number of rotatable bonds is 10. The predicted octanol–water partition coefficient (Wildman–Crippen LogP) is 7.26. The Morgan fingerprint density at radius 3 is 2.44 bits per heavy atom. The Balaban J connectivity index is 1.63. The third kappa shape index (κ3) is 6.64. The van der Waals surface area contributed by atoms with Gasteiger partial charge in [-0.3, -0.25) is 0 Å². The third-order valence-electron chi connectivity index (χ3n) is 6.18. The number of hydrogen-bond acceptors (Lipinski definition) is 8. The van der Waals surface area contributed by atoms with Gasteiger partial charge in [-0.1, -0.05) is 56.1 Å². The maximum absolute atomic E-state index is 12.9. The number of benzene rings is 3. The number of hydrogen-bond donors (Lipinski definition) is 1. The highest BCUT2D eigenvalue weighted by Crippen LogP contribution is 2.45. The van der Waals surface area contributed by atoms with Crippen molar-refractivity contribution in [2.75, 3.05) is 20.3 Å². The molecule has 3 aromatic rings. The zero-order chi connectivity index (χ0) is 29.7. The van der Waals surface area contributed by atoms with E-state index in [0.717, 1.165) is 12.0 Å². The van der Waals surface area contributed by atoms with E-state index in [4.69, 9.17) is 52.6 Å². The van der Waals surface area contributed by atoms with Gasteiger partial charge in [-0.25, -0.2) is 4.79 Å². The number of nitrogens with two attached hydrogens (primary N) is 1. The van der Waals surface area contributed by atoms with Crippen LogP contribution in [0.25, 0.3) is 0 Å². The minimum atomic E-state index is -0.675. The Bertz CT molecular complexity index is 1510. The van der Waals surface area contributed by atoms with Crippen molar-refractivity contribution in [3.8, 4) is 34.8 Å². The lowest BCUT2D eigenvalue weighted by atomic mass is 9.83. The molecule has 1 unspecified atom stereocenters. The van der Waals surface area contributed by atoms with Gasteiger partial charge < -0.3 is 29.4 Å². The lowest BCUT2D eigenvalue weighted by molar-refractivity contribution is 0.0734. The topological polar surface area (TPSA) is 113 Å². The fourth-order valence-corrected chi connectivity index (χ4v) is 4.86. The zero-order valence-electron chi connectivity index (χ0n) is 23.1. The van der Waals surface area contributed by atoms with E-state index in [0.29, 0.717) is 47.7 Å². The summed E-state index contributed by atoms with van der Waals surface area (Å²) in [6.45, 7) is 7.04. The maximum atomic E-state index is 12.9. The number of methoxy groups -OCH3 is 1. The number of carbonyl (C=O) groups is 1. The van der Waals surface area contributed by atoms with Crippen LogP contribution in [-0.4, -0.2) is 26.3 Å². The average molecular weight is 597 g/mol. The van der Waals surface area contributed by atoms with Gasteiger partial charge in [-0.2, -0.15) is 5.26 Å². The van der Waals surface area contributed by atoms with Gasteiger partial charge in [-0.05, 0) is 48.2 Å². The normalized spacial score (nSPS) is 14.1. The lowest BCUT2D eigenvalue weighted by Crippen LogP contribution is -2.21. The number of halogens is 2. The fraction of sp³-hybridized carbons (Fsp3) is 0.290. The van der Waals surface area contributed by atoms with Crippen molar-refractivity contribution in [3.63, 3.8) is 0 Å². The van der Waals surface area contributed by atoms with Crippen molar-refractivity contribution in [2.24, 2.45) is 11.7 Å². The van der Waals surface area contributed by atoms with Gasteiger partial charge in [0.05, 0.1) is 41.9 Å². The Kier molecular flexibility index (Phi) is 9.53. The second-order valence-corrected chi connectivity index (χ2v) is 10.6. The third-order valence-corrected chi connectivity index (χ3v) is 6.74. The van der Waals surface area contributed by atoms with E-state index in [1.165, 1.54) is 12.1 Å². The van der Waals surface area contributed by atoms with Crippen LogP contribution in [0.4, 0.5) is 0 Å². The molecular formula is C31H30Cl2N2O6. The molecule has 0 fully saturated rings. The van der Waals surface area contributed by atoms with Crippen molar-refractivity contribution >= 4 is 29.2 Å².